The first-order chi connectivity index (χ1) is 10.1. The van der Waals surface area contributed by atoms with Gasteiger partial charge in [-0.2, -0.15) is 0 Å². The van der Waals surface area contributed by atoms with Crippen molar-refractivity contribution < 1.29 is 13.6 Å². The van der Waals surface area contributed by atoms with Gasteiger partial charge >= 0.3 is 0 Å². The Balaban J connectivity index is 1.95. The molecule has 5 nitrogen and oxygen atoms in total. The molecule has 1 aromatic carbocycles. The van der Waals surface area contributed by atoms with Gasteiger partial charge in [0.15, 0.2) is 0 Å². The highest BCUT2D eigenvalue weighted by molar-refractivity contribution is 7.77. The molecule has 0 spiro atoms. The van der Waals surface area contributed by atoms with Crippen LogP contribution in [0.2, 0.25) is 0 Å². The molecule has 1 aliphatic heterocycles. The Kier molecular flexibility index (Phi) is 3.98. The second kappa shape index (κ2) is 5.90. The highest BCUT2D eigenvalue weighted by Crippen LogP contribution is 2.34. The first-order valence-corrected chi connectivity index (χ1v) is 8.16. The standard InChI is InChI=1S/C14H12N2O3S2/c17-14-12(7-10-2-1-5-20-10)11-6-9(8-15-21(18)19)3-4-13(11)16-14/h1-7,15H,8H2,(H,16,17)(H,18,19)/b12-7-. The second-order valence-corrected chi connectivity index (χ2v) is 6.24. The molecule has 0 radical (unpaired) electrons. The van der Waals surface area contributed by atoms with Gasteiger partial charge in [-0.15, -0.1) is 11.3 Å². The summed E-state index contributed by atoms with van der Waals surface area (Å²) in [5.74, 6) is -0.130. The smallest absolute Gasteiger partial charge is 0.256 e. The fourth-order valence-electron chi connectivity index (χ4n) is 2.15. The molecule has 0 saturated heterocycles. The third-order valence-corrected chi connectivity index (χ3v) is 4.31. The Hall–Kier alpha value is -1.80. The molecule has 3 N–H and O–H groups in total. The Morgan fingerprint density at radius 1 is 1.38 bits per heavy atom. The van der Waals surface area contributed by atoms with Crippen molar-refractivity contribution in [3.8, 4) is 0 Å². The summed E-state index contributed by atoms with van der Waals surface area (Å²) in [6.45, 7) is 0.261. The van der Waals surface area contributed by atoms with Crippen molar-refractivity contribution >= 4 is 45.8 Å². The predicted octanol–water partition coefficient (Wildman–Crippen LogP) is 2.47. The normalized spacial score (nSPS) is 16.8. The van der Waals surface area contributed by atoms with E-state index in [1.807, 2.05) is 35.7 Å². The van der Waals surface area contributed by atoms with E-state index in [1.165, 1.54) is 0 Å². The van der Waals surface area contributed by atoms with Gasteiger partial charge in [0.25, 0.3) is 5.91 Å². The van der Waals surface area contributed by atoms with Gasteiger partial charge in [0.05, 0.1) is 5.57 Å². The molecular weight excluding hydrogens is 308 g/mol. The lowest BCUT2D eigenvalue weighted by atomic mass is 10.0. The van der Waals surface area contributed by atoms with E-state index in [4.69, 9.17) is 4.55 Å². The maximum absolute atomic E-state index is 12.1. The lowest BCUT2D eigenvalue weighted by Crippen LogP contribution is -2.15. The van der Waals surface area contributed by atoms with Crippen molar-refractivity contribution in [3.05, 3.63) is 51.7 Å². The van der Waals surface area contributed by atoms with E-state index in [-0.39, 0.29) is 12.5 Å². The molecule has 1 amide bonds. The van der Waals surface area contributed by atoms with E-state index in [0.717, 1.165) is 21.7 Å². The van der Waals surface area contributed by atoms with Crippen LogP contribution in [0.1, 0.15) is 16.0 Å². The Labute approximate surface area is 128 Å². The molecule has 0 fully saturated rings. The first-order valence-electron chi connectivity index (χ1n) is 6.18. The van der Waals surface area contributed by atoms with Crippen LogP contribution < -0.4 is 10.0 Å². The lowest BCUT2D eigenvalue weighted by Gasteiger charge is -2.04. The predicted molar refractivity (Wildman–Crippen MR) is 84.9 cm³/mol. The average molecular weight is 320 g/mol. The molecular formula is C14H12N2O3S2. The van der Waals surface area contributed by atoms with E-state index in [1.54, 1.807) is 17.4 Å². The molecule has 2 heterocycles. The zero-order valence-electron chi connectivity index (χ0n) is 10.8. The summed E-state index contributed by atoms with van der Waals surface area (Å²) in [5.41, 5.74) is 3.03. The highest BCUT2D eigenvalue weighted by Gasteiger charge is 2.24. The monoisotopic (exact) mass is 320 g/mol. The van der Waals surface area contributed by atoms with Crippen molar-refractivity contribution in [2.24, 2.45) is 0 Å². The zero-order chi connectivity index (χ0) is 14.8. The minimum atomic E-state index is -2.05. The number of fused-ring (bicyclic) bond motifs is 1. The second-order valence-electron chi connectivity index (χ2n) is 4.48. The number of hydrogen-bond acceptors (Lipinski definition) is 3. The van der Waals surface area contributed by atoms with E-state index in [0.29, 0.717) is 5.57 Å². The summed E-state index contributed by atoms with van der Waals surface area (Å²) < 4.78 is 21.8. The first kappa shape index (κ1) is 14.2. The van der Waals surface area contributed by atoms with Crippen LogP contribution in [0.3, 0.4) is 0 Å². The van der Waals surface area contributed by atoms with Crippen molar-refractivity contribution in [3.63, 3.8) is 0 Å². The molecule has 0 saturated carbocycles. The zero-order valence-corrected chi connectivity index (χ0v) is 12.5. The summed E-state index contributed by atoms with van der Waals surface area (Å²) in [5, 5.41) is 4.78. The van der Waals surface area contributed by atoms with Crippen LogP contribution in [-0.2, 0) is 22.6 Å². The van der Waals surface area contributed by atoms with Gasteiger partial charge in [0.1, 0.15) is 0 Å². The number of rotatable bonds is 4. The van der Waals surface area contributed by atoms with E-state index in [2.05, 4.69) is 10.0 Å². The van der Waals surface area contributed by atoms with Gasteiger partial charge in [0, 0.05) is 22.7 Å². The largest absolute Gasteiger partial charge is 0.321 e. The van der Waals surface area contributed by atoms with Gasteiger partial charge in [0.2, 0.25) is 11.3 Å². The summed E-state index contributed by atoms with van der Waals surface area (Å²) in [6.07, 6.45) is 1.85. The number of anilines is 1. The number of carbonyl (C=O) groups excluding carboxylic acids is 1. The SMILES string of the molecule is O=C1Nc2ccc(CNS(=O)O)cc2/C1=C/c1cccs1. The lowest BCUT2D eigenvalue weighted by molar-refractivity contribution is -0.110. The minimum Gasteiger partial charge on any atom is -0.321 e. The van der Waals surface area contributed by atoms with Crippen molar-refractivity contribution in [1.82, 2.24) is 4.72 Å². The molecule has 0 aliphatic carbocycles. The molecule has 2 aromatic rings. The van der Waals surface area contributed by atoms with Gasteiger partial charge in [-0.05, 0) is 35.2 Å². The average Bonchev–Trinajstić information content (AvgIpc) is 3.06. The third kappa shape index (κ3) is 3.11. The molecule has 21 heavy (non-hydrogen) atoms. The summed E-state index contributed by atoms with van der Waals surface area (Å²) in [6, 6.07) is 9.35. The molecule has 0 bridgehead atoms. The molecule has 108 valence electrons. The quantitative estimate of drug-likeness (QED) is 0.598. The van der Waals surface area contributed by atoms with Crippen molar-refractivity contribution in [1.29, 1.82) is 0 Å². The van der Waals surface area contributed by atoms with E-state index in [9.17, 15) is 9.00 Å². The highest BCUT2D eigenvalue weighted by atomic mass is 32.2. The maximum atomic E-state index is 12.1. The number of thiophene rings is 1. The third-order valence-electron chi connectivity index (χ3n) is 3.10. The number of hydrogen-bond donors (Lipinski definition) is 3. The molecule has 3 rings (SSSR count). The summed E-state index contributed by atoms with van der Waals surface area (Å²) in [4.78, 5) is 13.1. The maximum Gasteiger partial charge on any atom is 0.256 e. The van der Waals surface area contributed by atoms with E-state index < -0.39 is 11.3 Å². The van der Waals surface area contributed by atoms with Crippen molar-refractivity contribution in [2.45, 2.75) is 6.54 Å². The number of nitrogens with one attached hydrogen (secondary N) is 2. The number of amides is 1. The van der Waals surface area contributed by atoms with Gasteiger partial charge in [-0.25, -0.2) is 8.93 Å². The number of benzene rings is 1. The molecule has 7 heteroatoms. The van der Waals surface area contributed by atoms with Crippen LogP contribution in [0.15, 0.2) is 35.7 Å². The molecule has 1 unspecified atom stereocenters. The van der Waals surface area contributed by atoms with Gasteiger partial charge in [-0.3, -0.25) is 9.35 Å². The summed E-state index contributed by atoms with van der Waals surface area (Å²) in [7, 11) is 0. The molecule has 1 atom stereocenters. The van der Waals surface area contributed by atoms with Crippen LogP contribution in [-0.4, -0.2) is 14.7 Å². The van der Waals surface area contributed by atoms with E-state index >= 15 is 0 Å². The van der Waals surface area contributed by atoms with Crippen LogP contribution in [0.4, 0.5) is 5.69 Å². The number of carbonyl (C=O) groups is 1. The molecule has 1 aromatic heterocycles. The van der Waals surface area contributed by atoms with Crippen molar-refractivity contribution in [2.75, 3.05) is 5.32 Å². The van der Waals surface area contributed by atoms with Gasteiger partial charge < -0.3 is 5.32 Å². The van der Waals surface area contributed by atoms with Crippen LogP contribution in [0, 0.1) is 0 Å². The summed E-state index contributed by atoms with van der Waals surface area (Å²) >= 11 is -0.489. The van der Waals surface area contributed by atoms with Gasteiger partial charge in [-0.1, -0.05) is 12.1 Å². The van der Waals surface area contributed by atoms with Crippen LogP contribution in [0.25, 0.3) is 11.6 Å². The molecule has 1 aliphatic rings. The minimum absolute atomic E-state index is 0.130. The fraction of sp³-hybridized carbons (Fsp3) is 0.0714. The van der Waals surface area contributed by atoms with Crippen LogP contribution in [0.5, 0.6) is 0 Å². The topological polar surface area (TPSA) is 78.4 Å². The Morgan fingerprint density at radius 3 is 2.95 bits per heavy atom. The Morgan fingerprint density at radius 2 is 2.24 bits per heavy atom. The fourth-order valence-corrected chi connectivity index (χ4v) is 3.10. The Bertz CT molecular complexity index is 739. The van der Waals surface area contributed by atoms with Crippen LogP contribution >= 0.6 is 11.3 Å².